The molecule has 8 heteroatoms. The summed E-state index contributed by atoms with van der Waals surface area (Å²) >= 11 is 0. The molecule has 100 valence electrons. The van der Waals surface area contributed by atoms with Crippen LogP contribution < -0.4 is 5.73 Å². The summed E-state index contributed by atoms with van der Waals surface area (Å²) in [5.41, 5.74) is 6.13. The molecule has 4 atom stereocenters. The fourth-order valence-corrected chi connectivity index (χ4v) is 2.89. The number of nitrogen functional groups attached to an aromatic ring is 1. The topological polar surface area (TPSA) is 119 Å². The first-order valence-corrected chi connectivity index (χ1v) is 6.06. The van der Waals surface area contributed by atoms with Crippen LogP contribution in [0.2, 0.25) is 0 Å². The molecule has 3 heterocycles. The maximum atomic E-state index is 10.2. The Bertz CT molecular complexity index is 659. The maximum Gasteiger partial charge on any atom is 0.167 e. The molecule has 2 fully saturated rings. The van der Waals surface area contributed by atoms with Gasteiger partial charge in [-0.2, -0.15) is 0 Å². The van der Waals surface area contributed by atoms with Crippen molar-refractivity contribution in [3.05, 3.63) is 12.7 Å². The first-order valence-electron chi connectivity index (χ1n) is 6.06. The van der Waals surface area contributed by atoms with Crippen molar-refractivity contribution in [1.29, 1.82) is 0 Å². The molecule has 4 rings (SSSR count). The normalized spacial score (nSPS) is 36.6. The summed E-state index contributed by atoms with van der Waals surface area (Å²) in [7, 11) is 0. The van der Waals surface area contributed by atoms with Crippen molar-refractivity contribution < 1.29 is 14.9 Å². The van der Waals surface area contributed by atoms with Crippen LogP contribution in [0.4, 0.5) is 5.82 Å². The van der Waals surface area contributed by atoms with Gasteiger partial charge in [-0.15, -0.1) is 0 Å². The highest BCUT2D eigenvalue weighted by atomic mass is 16.6. The number of anilines is 1. The smallest absolute Gasteiger partial charge is 0.167 e. The van der Waals surface area contributed by atoms with E-state index in [1.807, 2.05) is 0 Å². The Morgan fingerprint density at radius 2 is 2.32 bits per heavy atom. The van der Waals surface area contributed by atoms with Crippen molar-refractivity contribution in [3.63, 3.8) is 0 Å². The summed E-state index contributed by atoms with van der Waals surface area (Å²) in [5.74, 6) is 0.261. The molecule has 1 saturated heterocycles. The Hall–Kier alpha value is -1.77. The van der Waals surface area contributed by atoms with Crippen LogP contribution >= 0.6 is 0 Å². The molecule has 2 unspecified atom stereocenters. The summed E-state index contributed by atoms with van der Waals surface area (Å²) in [6.45, 7) is -0.0883. The zero-order valence-corrected chi connectivity index (χ0v) is 9.97. The second kappa shape index (κ2) is 3.41. The largest absolute Gasteiger partial charge is 0.393 e. The number of nitrogens with two attached hydrogens (primary N) is 1. The number of ether oxygens (including phenoxy) is 1. The Labute approximate surface area is 107 Å². The van der Waals surface area contributed by atoms with Crippen molar-refractivity contribution in [1.82, 2.24) is 19.5 Å². The molecule has 0 amide bonds. The average Bonchev–Trinajstić information content (AvgIpc) is 2.85. The van der Waals surface area contributed by atoms with Gasteiger partial charge in [0, 0.05) is 5.92 Å². The van der Waals surface area contributed by atoms with E-state index in [1.165, 1.54) is 12.7 Å². The van der Waals surface area contributed by atoms with Crippen LogP contribution in [0.25, 0.3) is 11.2 Å². The van der Waals surface area contributed by atoms with E-state index >= 15 is 0 Å². The van der Waals surface area contributed by atoms with Gasteiger partial charge in [0.2, 0.25) is 0 Å². The van der Waals surface area contributed by atoms with Crippen molar-refractivity contribution >= 4 is 17.0 Å². The van der Waals surface area contributed by atoms with Gasteiger partial charge in [0.1, 0.15) is 17.9 Å². The number of fused-ring (bicyclic) bond motifs is 2. The molecule has 19 heavy (non-hydrogen) atoms. The third-order valence-corrected chi connectivity index (χ3v) is 4.07. The molecule has 0 bridgehead atoms. The lowest BCUT2D eigenvalue weighted by Gasteiger charge is -2.20. The van der Waals surface area contributed by atoms with E-state index in [-0.39, 0.29) is 12.5 Å². The minimum absolute atomic E-state index is 0.0286. The third-order valence-electron chi connectivity index (χ3n) is 4.07. The van der Waals surface area contributed by atoms with Gasteiger partial charge in [-0.05, 0) is 6.42 Å². The van der Waals surface area contributed by atoms with Crippen LogP contribution in [0, 0.1) is 5.92 Å². The monoisotopic (exact) mass is 263 g/mol. The van der Waals surface area contributed by atoms with Gasteiger partial charge in [0.25, 0.3) is 0 Å². The number of aromatic nitrogens is 4. The van der Waals surface area contributed by atoms with Crippen molar-refractivity contribution in [2.24, 2.45) is 5.92 Å². The van der Waals surface area contributed by atoms with Gasteiger partial charge < -0.3 is 20.7 Å². The van der Waals surface area contributed by atoms with E-state index < -0.39 is 17.9 Å². The summed E-state index contributed by atoms with van der Waals surface area (Å²) in [4.78, 5) is 12.1. The summed E-state index contributed by atoms with van der Waals surface area (Å²) in [5, 5.41) is 19.6. The van der Waals surface area contributed by atoms with Gasteiger partial charge in [-0.25, -0.2) is 15.0 Å². The van der Waals surface area contributed by atoms with Gasteiger partial charge in [0.15, 0.2) is 17.7 Å². The van der Waals surface area contributed by atoms with Crippen LogP contribution in [0.1, 0.15) is 12.6 Å². The molecule has 4 N–H and O–H groups in total. The van der Waals surface area contributed by atoms with Crippen LogP contribution in [0.3, 0.4) is 0 Å². The number of aliphatic hydroxyl groups excluding tert-OH is 2. The Kier molecular flexibility index (Phi) is 1.99. The van der Waals surface area contributed by atoms with Crippen LogP contribution in [-0.2, 0) is 4.74 Å². The number of hydrogen-bond donors (Lipinski definition) is 3. The van der Waals surface area contributed by atoms with E-state index in [0.29, 0.717) is 23.4 Å². The average molecular weight is 263 g/mol. The predicted octanol–water partition coefficient (Wildman–Crippen LogP) is -0.951. The van der Waals surface area contributed by atoms with Gasteiger partial charge >= 0.3 is 0 Å². The van der Waals surface area contributed by atoms with E-state index in [2.05, 4.69) is 15.0 Å². The van der Waals surface area contributed by atoms with Crippen LogP contribution in [0.15, 0.2) is 12.7 Å². The lowest BCUT2D eigenvalue weighted by Crippen LogP contribution is -2.24. The number of imidazole rings is 1. The molecule has 1 saturated carbocycles. The van der Waals surface area contributed by atoms with E-state index in [9.17, 15) is 10.2 Å². The van der Waals surface area contributed by atoms with Crippen LogP contribution in [0.5, 0.6) is 0 Å². The van der Waals surface area contributed by atoms with Gasteiger partial charge in [-0.3, -0.25) is 4.57 Å². The first kappa shape index (κ1) is 11.1. The maximum absolute atomic E-state index is 10.2. The zero-order valence-electron chi connectivity index (χ0n) is 9.97. The quantitative estimate of drug-likeness (QED) is 0.639. The molecule has 2 aromatic heterocycles. The number of nitrogens with zero attached hydrogens (tertiary/aromatic N) is 4. The predicted molar refractivity (Wildman–Crippen MR) is 63.8 cm³/mol. The van der Waals surface area contributed by atoms with Gasteiger partial charge in [-0.1, -0.05) is 0 Å². The van der Waals surface area contributed by atoms with E-state index in [4.69, 9.17) is 10.5 Å². The lowest BCUT2D eigenvalue weighted by molar-refractivity contribution is -0.0889. The highest BCUT2D eigenvalue weighted by molar-refractivity contribution is 5.81. The summed E-state index contributed by atoms with van der Waals surface area (Å²) in [6, 6.07) is 0. The second-order valence-electron chi connectivity index (χ2n) is 5.12. The third kappa shape index (κ3) is 1.30. The molecule has 0 spiro atoms. The first-order chi connectivity index (χ1) is 9.16. The second-order valence-corrected chi connectivity index (χ2v) is 5.12. The lowest BCUT2D eigenvalue weighted by atomic mass is 10.2. The Balaban J connectivity index is 1.78. The molecule has 1 aliphatic carbocycles. The zero-order chi connectivity index (χ0) is 13.2. The fourth-order valence-electron chi connectivity index (χ4n) is 2.89. The number of rotatable bonds is 2. The minimum atomic E-state index is -0.680. The van der Waals surface area contributed by atoms with Crippen molar-refractivity contribution in [3.8, 4) is 0 Å². The standard InChI is InChI=1S/C11H13N5O3/c12-8-6-9(14-3-13-8)16(4-15-6)10-7(18)5-1-11(5,2-17)19-10/h3-5,7,10,17-18H,1-2H2,(H2,12,13,14)/t5?,7?,10-,11-/m1/s1. The molecule has 8 nitrogen and oxygen atoms in total. The summed E-state index contributed by atoms with van der Waals surface area (Å²) < 4.78 is 7.44. The molecule has 2 aliphatic rings. The molecule has 0 radical (unpaired) electrons. The van der Waals surface area contributed by atoms with Crippen LogP contribution in [-0.4, -0.2) is 48.0 Å². The minimum Gasteiger partial charge on any atom is -0.393 e. The highest BCUT2D eigenvalue weighted by Gasteiger charge is 2.67. The molecule has 1 aliphatic heterocycles. The molecule has 2 aromatic rings. The van der Waals surface area contributed by atoms with Crippen molar-refractivity contribution in [2.45, 2.75) is 24.4 Å². The van der Waals surface area contributed by atoms with Crippen molar-refractivity contribution in [2.75, 3.05) is 12.3 Å². The molecular formula is C11H13N5O3. The van der Waals surface area contributed by atoms with E-state index in [0.717, 1.165) is 0 Å². The summed E-state index contributed by atoms with van der Waals surface area (Å²) in [6.07, 6.45) is 2.29. The van der Waals surface area contributed by atoms with Gasteiger partial charge in [0.05, 0.1) is 18.5 Å². The molecular weight excluding hydrogens is 250 g/mol. The highest BCUT2D eigenvalue weighted by Crippen LogP contribution is 2.59. The SMILES string of the molecule is Nc1ncnc2c1ncn2[C@@H]1O[C@@]2(CO)CC2C1O. The Morgan fingerprint density at radius 3 is 3.05 bits per heavy atom. The fraction of sp³-hybridized carbons (Fsp3) is 0.545. The molecule has 0 aromatic carbocycles. The number of aliphatic hydroxyl groups is 2. The number of hydrogen-bond acceptors (Lipinski definition) is 7. The Morgan fingerprint density at radius 1 is 1.47 bits per heavy atom. The van der Waals surface area contributed by atoms with E-state index in [1.54, 1.807) is 4.57 Å².